The Hall–Kier alpha value is -0.900. The molecule has 0 fully saturated rings. The van der Waals surface area contributed by atoms with E-state index in [9.17, 15) is 0 Å². The lowest BCUT2D eigenvalue weighted by Crippen LogP contribution is -2.43. The van der Waals surface area contributed by atoms with Crippen LogP contribution in [0, 0.1) is 6.92 Å². The highest BCUT2D eigenvalue weighted by Gasteiger charge is 2.23. The fraction of sp³-hybridized carbons (Fsp3) is 0.818. The quantitative estimate of drug-likeness (QED) is 0.785. The van der Waals surface area contributed by atoms with Gasteiger partial charge in [0.15, 0.2) is 0 Å². The molecule has 0 aromatic carbocycles. The van der Waals surface area contributed by atoms with Crippen LogP contribution < -0.4 is 5.32 Å². The largest absolute Gasteiger partial charge is 0.424 e. The van der Waals surface area contributed by atoms with Crippen molar-refractivity contribution in [2.45, 2.75) is 59.0 Å². The smallest absolute Gasteiger partial charge is 0.230 e. The van der Waals surface area contributed by atoms with Gasteiger partial charge in [0.25, 0.3) is 0 Å². The van der Waals surface area contributed by atoms with Crippen molar-refractivity contribution >= 4 is 0 Å². The second-order valence-electron chi connectivity index (χ2n) is 3.91. The fourth-order valence-corrected chi connectivity index (χ4v) is 1.80. The average molecular weight is 211 g/mol. The standard InChI is InChI=1S/C11H21N3O/c1-5-11(6-2,7-3)12-8-10-14-13-9(4)15-10/h12H,5-8H2,1-4H3. The summed E-state index contributed by atoms with van der Waals surface area (Å²) < 4.78 is 5.33. The topological polar surface area (TPSA) is 51.0 Å². The number of hydrogen-bond donors (Lipinski definition) is 1. The molecule has 1 N–H and O–H groups in total. The van der Waals surface area contributed by atoms with Crippen LogP contribution in [0.4, 0.5) is 0 Å². The number of aromatic nitrogens is 2. The van der Waals surface area contributed by atoms with Crippen LogP contribution in [-0.4, -0.2) is 15.7 Å². The van der Waals surface area contributed by atoms with E-state index in [-0.39, 0.29) is 5.54 Å². The summed E-state index contributed by atoms with van der Waals surface area (Å²) in [6.45, 7) is 9.09. The predicted octanol–water partition coefficient (Wildman–Crippen LogP) is 2.44. The Morgan fingerprint density at radius 1 is 1.13 bits per heavy atom. The zero-order chi connectivity index (χ0) is 11.3. The van der Waals surface area contributed by atoms with Crippen LogP contribution in [0.1, 0.15) is 51.8 Å². The number of hydrogen-bond acceptors (Lipinski definition) is 4. The predicted molar refractivity (Wildman–Crippen MR) is 59.5 cm³/mol. The third-order valence-electron chi connectivity index (χ3n) is 3.21. The molecule has 0 unspecified atom stereocenters. The maximum Gasteiger partial charge on any atom is 0.230 e. The van der Waals surface area contributed by atoms with Gasteiger partial charge in [-0.3, -0.25) is 0 Å². The number of rotatable bonds is 6. The molecule has 0 aliphatic rings. The molecule has 0 atom stereocenters. The first-order valence-corrected chi connectivity index (χ1v) is 5.69. The molecule has 0 amide bonds. The Balaban J connectivity index is 2.54. The third kappa shape index (κ3) is 3.02. The van der Waals surface area contributed by atoms with Crippen LogP contribution in [-0.2, 0) is 6.54 Å². The van der Waals surface area contributed by atoms with Gasteiger partial charge in [0.1, 0.15) is 0 Å². The Bertz CT molecular complexity index is 284. The van der Waals surface area contributed by atoms with E-state index in [4.69, 9.17) is 4.42 Å². The molecule has 0 bridgehead atoms. The van der Waals surface area contributed by atoms with E-state index in [1.165, 1.54) is 0 Å². The van der Waals surface area contributed by atoms with E-state index in [0.717, 1.165) is 19.3 Å². The number of nitrogens with zero attached hydrogens (tertiary/aromatic N) is 2. The lowest BCUT2D eigenvalue weighted by atomic mass is 9.90. The van der Waals surface area contributed by atoms with E-state index in [2.05, 4.69) is 36.3 Å². The average Bonchev–Trinajstić information content (AvgIpc) is 2.67. The molecule has 4 heteroatoms. The molecular formula is C11H21N3O. The van der Waals surface area contributed by atoms with Gasteiger partial charge in [-0.25, -0.2) is 0 Å². The van der Waals surface area contributed by atoms with Gasteiger partial charge in [-0.15, -0.1) is 10.2 Å². The summed E-state index contributed by atoms with van der Waals surface area (Å²) in [5.41, 5.74) is 0.211. The Labute approximate surface area is 91.5 Å². The van der Waals surface area contributed by atoms with Crippen molar-refractivity contribution in [3.05, 3.63) is 11.8 Å². The van der Waals surface area contributed by atoms with Crippen molar-refractivity contribution in [1.82, 2.24) is 15.5 Å². The molecule has 0 saturated carbocycles. The molecule has 0 aliphatic heterocycles. The first-order valence-electron chi connectivity index (χ1n) is 5.69. The van der Waals surface area contributed by atoms with Crippen LogP contribution in [0.25, 0.3) is 0 Å². The summed E-state index contributed by atoms with van der Waals surface area (Å²) in [6, 6.07) is 0. The summed E-state index contributed by atoms with van der Waals surface area (Å²) in [5, 5.41) is 11.3. The maximum atomic E-state index is 5.33. The van der Waals surface area contributed by atoms with Crippen LogP contribution in [0.2, 0.25) is 0 Å². The highest BCUT2D eigenvalue weighted by molar-refractivity contribution is 4.87. The van der Waals surface area contributed by atoms with Crippen LogP contribution >= 0.6 is 0 Å². The van der Waals surface area contributed by atoms with Gasteiger partial charge in [0.2, 0.25) is 11.8 Å². The number of nitrogens with one attached hydrogen (secondary N) is 1. The van der Waals surface area contributed by atoms with Crippen LogP contribution in [0.5, 0.6) is 0 Å². The zero-order valence-electron chi connectivity index (χ0n) is 10.1. The second-order valence-corrected chi connectivity index (χ2v) is 3.91. The molecule has 15 heavy (non-hydrogen) atoms. The van der Waals surface area contributed by atoms with E-state index < -0.39 is 0 Å². The van der Waals surface area contributed by atoms with Crippen molar-refractivity contribution in [3.8, 4) is 0 Å². The summed E-state index contributed by atoms with van der Waals surface area (Å²) >= 11 is 0. The summed E-state index contributed by atoms with van der Waals surface area (Å²) in [7, 11) is 0. The minimum atomic E-state index is 0.211. The molecule has 86 valence electrons. The molecule has 4 nitrogen and oxygen atoms in total. The lowest BCUT2D eigenvalue weighted by Gasteiger charge is -2.31. The van der Waals surface area contributed by atoms with Gasteiger partial charge in [-0.05, 0) is 19.3 Å². The molecule has 1 aromatic rings. The van der Waals surface area contributed by atoms with Gasteiger partial charge >= 0.3 is 0 Å². The Morgan fingerprint density at radius 3 is 2.13 bits per heavy atom. The summed E-state index contributed by atoms with van der Waals surface area (Å²) in [6.07, 6.45) is 3.35. The fourth-order valence-electron chi connectivity index (χ4n) is 1.80. The second kappa shape index (κ2) is 5.26. The maximum absolute atomic E-state index is 5.33. The molecule has 0 aliphatic carbocycles. The zero-order valence-corrected chi connectivity index (χ0v) is 10.1. The molecule has 1 aromatic heterocycles. The van der Waals surface area contributed by atoms with Crippen molar-refractivity contribution in [2.24, 2.45) is 0 Å². The number of aryl methyl sites for hydroxylation is 1. The van der Waals surface area contributed by atoms with Crippen molar-refractivity contribution < 1.29 is 4.42 Å². The van der Waals surface area contributed by atoms with Crippen LogP contribution in [0.3, 0.4) is 0 Å². The van der Waals surface area contributed by atoms with E-state index in [1.807, 2.05) is 6.92 Å². The van der Waals surface area contributed by atoms with Crippen molar-refractivity contribution in [1.29, 1.82) is 0 Å². The van der Waals surface area contributed by atoms with E-state index >= 15 is 0 Å². The first kappa shape index (κ1) is 12.2. The third-order valence-corrected chi connectivity index (χ3v) is 3.21. The molecule has 1 heterocycles. The van der Waals surface area contributed by atoms with Gasteiger partial charge in [0, 0.05) is 12.5 Å². The van der Waals surface area contributed by atoms with Gasteiger partial charge in [0.05, 0.1) is 6.54 Å². The van der Waals surface area contributed by atoms with Gasteiger partial charge in [-0.1, -0.05) is 20.8 Å². The van der Waals surface area contributed by atoms with Crippen LogP contribution in [0.15, 0.2) is 4.42 Å². The SMILES string of the molecule is CCC(CC)(CC)NCc1nnc(C)o1. The van der Waals surface area contributed by atoms with E-state index in [0.29, 0.717) is 18.3 Å². The summed E-state index contributed by atoms with van der Waals surface area (Å²) in [5.74, 6) is 1.30. The molecular weight excluding hydrogens is 190 g/mol. The van der Waals surface area contributed by atoms with Crippen molar-refractivity contribution in [3.63, 3.8) is 0 Å². The lowest BCUT2D eigenvalue weighted by molar-refractivity contribution is 0.273. The molecule has 0 radical (unpaired) electrons. The molecule has 0 spiro atoms. The first-order chi connectivity index (χ1) is 7.15. The van der Waals surface area contributed by atoms with E-state index in [1.54, 1.807) is 0 Å². The Kier molecular flexibility index (Phi) is 4.27. The normalized spacial score (nSPS) is 12.0. The van der Waals surface area contributed by atoms with Gasteiger partial charge in [-0.2, -0.15) is 0 Å². The summed E-state index contributed by atoms with van der Waals surface area (Å²) in [4.78, 5) is 0. The van der Waals surface area contributed by atoms with Gasteiger partial charge < -0.3 is 9.73 Å². The highest BCUT2D eigenvalue weighted by atomic mass is 16.4. The molecule has 0 saturated heterocycles. The minimum absolute atomic E-state index is 0.211. The monoisotopic (exact) mass is 211 g/mol. The highest BCUT2D eigenvalue weighted by Crippen LogP contribution is 2.19. The Morgan fingerprint density at radius 2 is 1.73 bits per heavy atom. The minimum Gasteiger partial charge on any atom is -0.424 e. The molecule has 1 rings (SSSR count). The van der Waals surface area contributed by atoms with Crippen molar-refractivity contribution in [2.75, 3.05) is 0 Å².